The molecule has 0 aromatic heterocycles. The number of hydrogen-bond donors (Lipinski definition) is 0. The molecule has 0 aliphatic carbocycles. The molecule has 0 unspecified atom stereocenters. The van der Waals surface area contributed by atoms with Gasteiger partial charge in [0.05, 0.1) is 79.3 Å². The Bertz CT molecular complexity index is 1150. The average Bonchev–Trinajstić information content (AvgIpc) is 3.10. The Kier molecular flexibility index (Phi) is 15.7. The fourth-order valence-corrected chi connectivity index (χ4v) is 4.68. The molecular formula is C36H46O12. The predicted octanol–water partition coefficient (Wildman–Crippen LogP) is 4.49. The fourth-order valence-electron chi connectivity index (χ4n) is 4.68. The molecule has 4 aliphatic rings. The number of benzene rings is 3. The van der Waals surface area contributed by atoms with Gasteiger partial charge in [-0.2, -0.15) is 0 Å². The van der Waals surface area contributed by atoms with Crippen molar-refractivity contribution in [3.05, 3.63) is 71.8 Å². The third-order valence-electron chi connectivity index (χ3n) is 6.99. The smallest absolute Gasteiger partial charge is 0.123 e. The molecule has 0 saturated heterocycles. The van der Waals surface area contributed by atoms with Crippen molar-refractivity contribution in [3.8, 4) is 34.5 Å². The molecule has 12 nitrogen and oxygen atoms in total. The summed E-state index contributed by atoms with van der Waals surface area (Å²) >= 11 is 0. The lowest BCUT2D eigenvalue weighted by Crippen LogP contribution is -2.15. The van der Waals surface area contributed by atoms with E-state index in [1.54, 1.807) is 0 Å². The second-order valence-electron chi connectivity index (χ2n) is 10.7. The third-order valence-corrected chi connectivity index (χ3v) is 6.99. The number of hydrogen-bond acceptors (Lipinski definition) is 12. The number of fused-ring (bicyclic) bond motifs is 24. The minimum absolute atomic E-state index is 0.318. The van der Waals surface area contributed by atoms with Gasteiger partial charge in [0, 0.05) is 12.1 Å². The van der Waals surface area contributed by atoms with Gasteiger partial charge in [-0.25, -0.2) is 0 Å². The second-order valence-corrected chi connectivity index (χ2v) is 10.7. The van der Waals surface area contributed by atoms with Crippen molar-refractivity contribution in [2.24, 2.45) is 0 Å². The molecule has 4 aliphatic heterocycles. The van der Waals surface area contributed by atoms with Crippen LogP contribution in [0.25, 0.3) is 0 Å². The van der Waals surface area contributed by atoms with Crippen molar-refractivity contribution in [1.29, 1.82) is 0 Å². The third kappa shape index (κ3) is 13.8. The van der Waals surface area contributed by atoms with Crippen LogP contribution >= 0.6 is 0 Å². The molecule has 7 rings (SSSR count). The van der Waals surface area contributed by atoms with Crippen LogP contribution in [0, 0.1) is 0 Å². The summed E-state index contributed by atoms with van der Waals surface area (Å²) in [5.74, 6) is 4.04. The fraction of sp³-hybridized carbons (Fsp3) is 0.500. The van der Waals surface area contributed by atoms with E-state index in [1.165, 1.54) is 0 Å². The maximum atomic E-state index is 6.10. The SMILES string of the molecule is c1c2cc3cc1OCCOCCOCCOCCOc1cc(cc(c1)OCCOCCOCCOCCO3)COc1ccc(cc1)OC2. The first-order chi connectivity index (χ1) is 23.8. The van der Waals surface area contributed by atoms with Crippen molar-refractivity contribution in [1.82, 2.24) is 0 Å². The molecule has 0 amide bonds. The Labute approximate surface area is 281 Å². The summed E-state index contributed by atoms with van der Waals surface area (Å²) in [7, 11) is 0. The highest BCUT2D eigenvalue weighted by Crippen LogP contribution is 2.27. The van der Waals surface area contributed by atoms with Gasteiger partial charge in [0.2, 0.25) is 0 Å². The van der Waals surface area contributed by atoms with E-state index in [0.29, 0.717) is 153 Å². The van der Waals surface area contributed by atoms with Crippen LogP contribution in [0.4, 0.5) is 0 Å². The summed E-state index contributed by atoms with van der Waals surface area (Å²) in [6.07, 6.45) is 0. The zero-order valence-electron chi connectivity index (χ0n) is 27.4. The first kappa shape index (κ1) is 35.5. The summed E-state index contributed by atoms with van der Waals surface area (Å²) < 4.78 is 70.1. The van der Waals surface area contributed by atoms with Crippen LogP contribution < -0.4 is 28.4 Å². The molecule has 0 spiro atoms. The van der Waals surface area contributed by atoms with Gasteiger partial charge in [-0.05, 0) is 59.7 Å². The maximum absolute atomic E-state index is 6.10. The molecule has 48 heavy (non-hydrogen) atoms. The van der Waals surface area contributed by atoms with E-state index in [-0.39, 0.29) is 0 Å². The van der Waals surface area contributed by atoms with E-state index in [2.05, 4.69) is 0 Å². The first-order valence-electron chi connectivity index (χ1n) is 16.4. The monoisotopic (exact) mass is 670 g/mol. The van der Waals surface area contributed by atoms with Gasteiger partial charge in [0.15, 0.2) is 0 Å². The molecule has 3 aromatic rings. The minimum atomic E-state index is 0.318. The highest BCUT2D eigenvalue weighted by molar-refractivity contribution is 5.40. The summed E-state index contributed by atoms with van der Waals surface area (Å²) in [4.78, 5) is 0. The van der Waals surface area contributed by atoms with Crippen molar-refractivity contribution in [3.63, 3.8) is 0 Å². The quantitative estimate of drug-likeness (QED) is 0.315. The van der Waals surface area contributed by atoms with Crippen LogP contribution in [-0.4, -0.2) is 106 Å². The van der Waals surface area contributed by atoms with Gasteiger partial charge < -0.3 is 56.8 Å². The lowest BCUT2D eigenvalue weighted by molar-refractivity contribution is 0.00432. The van der Waals surface area contributed by atoms with Crippen molar-refractivity contribution in [2.75, 3.05) is 106 Å². The Morgan fingerprint density at radius 3 is 0.771 bits per heavy atom. The molecule has 3 aromatic carbocycles. The molecule has 0 N–H and O–H groups in total. The maximum Gasteiger partial charge on any atom is 0.123 e. The minimum Gasteiger partial charge on any atom is -0.491 e. The lowest BCUT2D eigenvalue weighted by atomic mass is 10.2. The summed E-state index contributed by atoms with van der Waals surface area (Å²) in [5.41, 5.74) is 1.79. The van der Waals surface area contributed by atoms with Crippen LogP contribution in [0.1, 0.15) is 11.1 Å². The van der Waals surface area contributed by atoms with E-state index < -0.39 is 0 Å². The van der Waals surface area contributed by atoms with Crippen LogP contribution in [0.15, 0.2) is 60.7 Å². The van der Waals surface area contributed by atoms with Gasteiger partial charge >= 0.3 is 0 Å². The average molecular weight is 671 g/mol. The highest BCUT2D eigenvalue weighted by Gasteiger charge is 2.09. The lowest BCUT2D eigenvalue weighted by Gasteiger charge is -2.14. The second kappa shape index (κ2) is 21.2. The molecule has 0 fully saturated rings. The topological polar surface area (TPSA) is 111 Å². The molecule has 4 heterocycles. The Morgan fingerprint density at radius 1 is 0.250 bits per heavy atom. The van der Waals surface area contributed by atoms with Crippen molar-refractivity contribution in [2.45, 2.75) is 13.2 Å². The van der Waals surface area contributed by atoms with E-state index >= 15 is 0 Å². The van der Waals surface area contributed by atoms with Gasteiger partial charge in [0.25, 0.3) is 0 Å². The largest absolute Gasteiger partial charge is 0.491 e. The Balaban J connectivity index is 1.31. The number of rotatable bonds is 0. The molecule has 12 heteroatoms. The molecule has 0 saturated carbocycles. The highest BCUT2D eigenvalue weighted by atomic mass is 16.6. The van der Waals surface area contributed by atoms with E-state index in [4.69, 9.17) is 56.8 Å². The Morgan fingerprint density at radius 2 is 0.500 bits per heavy atom. The van der Waals surface area contributed by atoms with Gasteiger partial charge in [-0.3, -0.25) is 0 Å². The van der Waals surface area contributed by atoms with Crippen LogP contribution in [0.5, 0.6) is 34.5 Å². The van der Waals surface area contributed by atoms with Gasteiger partial charge in [-0.1, -0.05) is 0 Å². The molecule has 262 valence electrons. The predicted molar refractivity (Wildman–Crippen MR) is 175 cm³/mol. The van der Waals surface area contributed by atoms with Crippen LogP contribution in [-0.2, 0) is 41.6 Å². The van der Waals surface area contributed by atoms with Crippen molar-refractivity contribution >= 4 is 0 Å². The Hall–Kier alpha value is -3.78. The van der Waals surface area contributed by atoms with Gasteiger partial charge in [-0.15, -0.1) is 0 Å². The molecule has 0 radical (unpaired) electrons. The molecule has 8 bridgehead atoms. The summed E-state index contributed by atoms with van der Waals surface area (Å²) in [6, 6.07) is 19.0. The van der Waals surface area contributed by atoms with Gasteiger partial charge in [0.1, 0.15) is 74.1 Å². The molecule has 0 atom stereocenters. The number of ether oxygens (including phenoxy) is 12. The summed E-state index contributed by atoms with van der Waals surface area (Å²) in [6.45, 7) is 7.45. The normalized spacial score (nSPS) is 18.7. The summed E-state index contributed by atoms with van der Waals surface area (Å²) in [5, 5.41) is 0. The zero-order chi connectivity index (χ0) is 32.9. The first-order valence-corrected chi connectivity index (χ1v) is 16.4. The van der Waals surface area contributed by atoms with Crippen molar-refractivity contribution < 1.29 is 56.8 Å². The van der Waals surface area contributed by atoms with Crippen LogP contribution in [0.2, 0.25) is 0 Å². The molecular weight excluding hydrogens is 624 g/mol. The van der Waals surface area contributed by atoms with E-state index in [9.17, 15) is 0 Å². The standard InChI is InChI=1S/C36H46O12/c1-2-32-4-3-31(1)47-27-29-21-33-25-34(22-29)44-18-14-40-10-6-38-8-12-42-16-20-46-36-24-30(28-48-32)23-35(26-36)45-19-15-41-11-7-37-5-9-39-13-17-43-33/h1-4,21-26H,5-20,27-28H2. The van der Waals surface area contributed by atoms with E-state index in [0.717, 1.165) is 11.1 Å². The van der Waals surface area contributed by atoms with Crippen LogP contribution in [0.3, 0.4) is 0 Å². The zero-order valence-corrected chi connectivity index (χ0v) is 27.4. The van der Waals surface area contributed by atoms with E-state index in [1.807, 2.05) is 60.7 Å².